The van der Waals surface area contributed by atoms with Crippen LogP contribution in [0.4, 0.5) is 0 Å². The van der Waals surface area contributed by atoms with E-state index in [2.05, 4.69) is 16.5 Å². The first-order chi connectivity index (χ1) is 12.1. The summed E-state index contributed by atoms with van der Waals surface area (Å²) in [5, 5.41) is 0. The molecule has 0 aromatic carbocycles. The number of likely N-dealkylation sites (tertiary alicyclic amines) is 2. The van der Waals surface area contributed by atoms with Crippen LogP contribution in [0.1, 0.15) is 44.2 Å². The van der Waals surface area contributed by atoms with E-state index < -0.39 is 0 Å². The third-order valence-electron chi connectivity index (χ3n) is 5.53. The van der Waals surface area contributed by atoms with E-state index in [0.717, 1.165) is 57.4 Å². The Kier molecular flexibility index (Phi) is 5.56. The summed E-state index contributed by atoms with van der Waals surface area (Å²) in [5.41, 5.74) is 1.13. The molecule has 136 valence electrons. The summed E-state index contributed by atoms with van der Waals surface area (Å²) in [6, 6.07) is 0. The van der Waals surface area contributed by atoms with Gasteiger partial charge < -0.3 is 14.8 Å². The quantitative estimate of drug-likeness (QED) is 0.804. The largest absolute Gasteiger partial charge is 0.348 e. The van der Waals surface area contributed by atoms with E-state index in [-0.39, 0.29) is 17.2 Å². The Balaban J connectivity index is 1.61. The van der Waals surface area contributed by atoms with E-state index in [1.165, 1.54) is 0 Å². The Morgan fingerprint density at radius 2 is 2.28 bits per heavy atom. The number of imidazole rings is 1. The Morgan fingerprint density at radius 3 is 3.04 bits per heavy atom. The molecule has 3 heterocycles. The van der Waals surface area contributed by atoms with Crippen LogP contribution in [0.3, 0.4) is 0 Å². The Bertz CT molecular complexity index is 613. The predicted octanol–water partition coefficient (Wildman–Crippen LogP) is 2.15. The highest BCUT2D eigenvalue weighted by molar-refractivity contribution is 5.78. The predicted molar refractivity (Wildman–Crippen MR) is 95.8 cm³/mol. The van der Waals surface area contributed by atoms with Crippen LogP contribution in [0.2, 0.25) is 0 Å². The molecule has 0 saturated carbocycles. The first kappa shape index (κ1) is 17.7. The van der Waals surface area contributed by atoms with E-state index in [1.54, 1.807) is 12.4 Å². The van der Waals surface area contributed by atoms with Gasteiger partial charge in [0.15, 0.2) is 0 Å². The van der Waals surface area contributed by atoms with Gasteiger partial charge in [-0.05, 0) is 25.7 Å². The molecule has 2 saturated heterocycles. The fourth-order valence-electron chi connectivity index (χ4n) is 4.12. The van der Waals surface area contributed by atoms with Crippen LogP contribution in [0.25, 0.3) is 0 Å². The second-order valence-electron chi connectivity index (χ2n) is 7.39. The van der Waals surface area contributed by atoms with E-state index in [4.69, 9.17) is 0 Å². The lowest BCUT2D eigenvalue weighted by Crippen LogP contribution is -2.55. The van der Waals surface area contributed by atoms with Gasteiger partial charge in [0.25, 0.3) is 0 Å². The van der Waals surface area contributed by atoms with E-state index in [0.29, 0.717) is 19.4 Å². The van der Waals surface area contributed by atoms with Crippen molar-refractivity contribution in [3.05, 3.63) is 30.9 Å². The average Bonchev–Trinajstić information content (AvgIpc) is 3.14. The van der Waals surface area contributed by atoms with Crippen molar-refractivity contribution in [2.75, 3.05) is 26.2 Å². The Morgan fingerprint density at radius 1 is 1.40 bits per heavy atom. The zero-order chi connectivity index (χ0) is 17.7. The first-order valence-electron chi connectivity index (χ1n) is 9.26. The molecule has 2 aliphatic heterocycles. The van der Waals surface area contributed by atoms with Crippen LogP contribution in [0.5, 0.6) is 0 Å². The van der Waals surface area contributed by atoms with Gasteiger partial charge in [0.1, 0.15) is 0 Å². The summed E-state index contributed by atoms with van der Waals surface area (Å²) in [7, 11) is 0. The molecule has 1 spiro atoms. The van der Waals surface area contributed by atoms with Gasteiger partial charge in [-0.3, -0.25) is 9.59 Å². The van der Waals surface area contributed by atoms with Crippen molar-refractivity contribution >= 4 is 11.8 Å². The number of aromatic amines is 1. The van der Waals surface area contributed by atoms with Crippen molar-refractivity contribution in [3.63, 3.8) is 0 Å². The highest BCUT2D eigenvalue weighted by Gasteiger charge is 2.42. The van der Waals surface area contributed by atoms with Gasteiger partial charge in [0.2, 0.25) is 11.8 Å². The van der Waals surface area contributed by atoms with Crippen molar-refractivity contribution in [3.8, 4) is 0 Å². The van der Waals surface area contributed by atoms with Crippen LogP contribution >= 0.6 is 0 Å². The van der Waals surface area contributed by atoms with Gasteiger partial charge >= 0.3 is 0 Å². The third kappa shape index (κ3) is 4.30. The molecule has 0 radical (unpaired) electrons. The fourth-order valence-corrected chi connectivity index (χ4v) is 4.12. The monoisotopic (exact) mass is 344 g/mol. The van der Waals surface area contributed by atoms with Crippen LogP contribution in [-0.4, -0.2) is 57.8 Å². The van der Waals surface area contributed by atoms with Crippen LogP contribution in [-0.2, 0) is 16.0 Å². The molecule has 6 nitrogen and oxygen atoms in total. The van der Waals surface area contributed by atoms with Gasteiger partial charge in [-0.1, -0.05) is 6.08 Å². The maximum absolute atomic E-state index is 12.4. The number of hydrogen-bond acceptors (Lipinski definition) is 3. The Labute approximate surface area is 149 Å². The summed E-state index contributed by atoms with van der Waals surface area (Å²) in [5.74, 6) is 0.458. The molecule has 3 rings (SSSR count). The summed E-state index contributed by atoms with van der Waals surface area (Å²) in [6.45, 7) is 6.82. The number of rotatable bonds is 6. The number of nitrogens with zero attached hydrogens (tertiary/aromatic N) is 3. The molecular weight excluding hydrogens is 316 g/mol. The summed E-state index contributed by atoms with van der Waals surface area (Å²) >= 11 is 0. The number of allylic oxidation sites excluding steroid dienone is 1. The molecule has 1 aromatic rings. The van der Waals surface area contributed by atoms with Gasteiger partial charge in [-0.25, -0.2) is 4.98 Å². The lowest BCUT2D eigenvalue weighted by atomic mass is 9.73. The molecule has 2 aliphatic rings. The van der Waals surface area contributed by atoms with E-state index >= 15 is 0 Å². The normalized spacial score (nSPS) is 23.9. The topological polar surface area (TPSA) is 69.3 Å². The van der Waals surface area contributed by atoms with Crippen molar-refractivity contribution in [1.82, 2.24) is 19.8 Å². The van der Waals surface area contributed by atoms with Gasteiger partial charge in [-0.2, -0.15) is 0 Å². The number of nitrogens with one attached hydrogen (secondary N) is 1. The molecular formula is C19H28N4O2. The maximum Gasteiger partial charge on any atom is 0.222 e. The number of aromatic nitrogens is 2. The van der Waals surface area contributed by atoms with Crippen LogP contribution < -0.4 is 0 Å². The average molecular weight is 344 g/mol. The molecule has 0 aliphatic carbocycles. The molecule has 2 fully saturated rings. The number of hydrogen-bond donors (Lipinski definition) is 1. The number of piperidine rings is 2. The van der Waals surface area contributed by atoms with Gasteiger partial charge in [0, 0.05) is 62.7 Å². The summed E-state index contributed by atoms with van der Waals surface area (Å²) in [6.07, 6.45) is 11.0. The maximum atomic E-state index is 12.4. The fraction of sp³-hybridized carbons (Fsp3) is 0.632. The smallest absolute Gasteiger partial charge is 0.222 e. The van der Waals surface area contributed by atoms with Gasteiger partial charge in [-0.15, -0.1) is 6.58 Å². The number of amides is 2. The number of carbonyl (C=O) groups is 2. The molecule has 1 atom stereocenters. The van der Waals surface area contributed by atoms with Crippen molar-refractivity contribution in [2.45, 2.75) is 44.9 Å². The molecule has 25 heavy (non-hydrogen) atoms. The molecule has 1 aromatic heterocycles. The van der Waals surface area contributed by atoms with Crippen LogP contribution in [0.15, 0.2) is 25.2 Å². The lowest BCUT2D eigenvalue weighted by Gasteiger charge is -2.48. The number of carbonyl (C=O) groups excluding carboxylic acids is 2. The SMILES string of the molecule is C=CCCC(=O)N1CCC[C@@]2(CCC(=O)N(CCc3cnc[nH]3)C2)C1. The van der Waals surface area contributed by atoms with Crippen molar-refractivity contribution in [1.29, 1.82) is 0 Å². The zero-order valence-corrected chi connectivity index (χ0v) is 14.9. The molecule has 0 unspecified atom stereocenters. The highest BCUT2D eigenvalue weighted by Crippen LogP contribution is 2.39. The molecule has 1 N–H and O–H groups in total. The third-order valence-corrected chi connectivity index (χ3v) is 5.53. The van der Waals surface area contributed by atoms with Crippen molar-refractivity contribution < 1.29 is 9.59 Å². The minimum absolute atomic E-state index is 0.0734. The molecule has 6 heteroatoms. The molecule has 2 amide bonds. The minimum Gasteiger partial charge on any atom is -0.348 e. The number of H-pyrrole nitrogens is 1. The summed E-state index contributed by atoms with van der Waals surface area (Å²) in [4.78, 5) is 35.9. The standard InChI is InChI=1S/C19H28N4O2/c1-2-3-5-17(24)22-10-4-8-19(13-22)9-6-18(25)23(14-19)11-7-16-12-20-15-21-16/h2,12,15H,1,3-11,13-14H2,(H,20,21)/t19-/m1/s1. The first-order valence-corrected chi connectivity index (χ1v) is 9.26. The molecule has 0 bridgehead atoms. The summed E-state index contributed by atoms with van der Waals surface area (Å²) < 4.78 is 0. The van der Waals surface area contributed by atoms with Crippen LogP contribution in [0, 0.1) is 5.41 Å². The van der Waals surface area contributed by atoms with E-state index in [1.807, 2.05) is 16.0 Å². The minimum atomic E-state index is 0.0734. The van der Waals surface area contributed by atoms with Crippen molar-refractivity contribution in [2.24, 2.45) is 5.41 Å². The second-order valence-corrected chi connectivity index (χ2v) is 7.39. The lowest BCUT2D eigenvalue weighted by molar-refractivity contribution is -0.143. The highest BCUT2D eigenvalue weighted by atomic mass is 16.2. The van der Waals surface area contributed by atoms with E-state index in [9.17, 15) is 9.59 Å². The Hall–Kier alpha value is -2.11. The zero-order valence-electron chi connectivity index (χ0n) is 14.9. The second kappa shape index (κ2) is 7.85. The van der Waals surface area contributed by atoms with Gasteiger partial charge in [0.05, 0.1) is 6.33 Å².